The van der Waals surface area contributed by atoms with Gasteiger partial charge in [-0.3, -0.25) is 9.05 Å². The monoisotopic (exact) mass is 842 g/mol. The lowest BCUT2D eigenvalue weighted by Crippen LogP contribution is -2.47. The number of aromatic nitrogens is 3. The van der Waals surface area contributed by atoms with Crippen LogP contribution in [0.15, 0.2) is 36.7 Å². The summed E-state index contributed by atoms with van der Waals surface area (Å²) < 4.78 is 56.6. The molecule has 1 aromatic carbocycles. The molecule has 2 aliphatic rings. The number of nitrogens with zero attached hydrogens (tertiary/aromatic N) is 5. The number of halogens is 1. The summed E-state index contributed by atoms with van der Waals surface area (Å²) >= 11 is 0. The Balaban J connectivity index is 1.03. The molecule has 2 aromatic heterocycles. The quantitative estimate of drug-likeness (QED) is 0.0397. The molecule has 17 heteroatoms. The number of aliphatic hydroxyl groups excluding tert-OH is 1. The lowest BCUT2D eigenvalue weighted by atomic mass is 9.90. The van der Waals surface area contributed by atoms with Gasteiger partial charge in [-0.2, -0.15) is 15.6 Å². The van der Waals surface area contributed by atoms with Gasteiger partial charge in [0.2, 0.25) is 5.60 Å². The summed E-state index contributed by atoms with van der Waals surface area (Å²) in [6, 6.07) is 10.6. The highest BCUT2D eigenvalue weighted by molar-refractivity contribution is 7.47. The number of hydrogen-bond acceptors (Lipinski definition) is 13. The normalized spacial score (nSPS) is 23.7. The van der Waals surface area contributed by atoms with Crippen LogP contribution in [-0.4, -0.2) is 79.5 Å². The van der Waals surface area contributed by atoms with Gasteiger partial charge in [0, 0.05) is 6.61 Å². The lowest BCUT2D eigenvalue weighted by molar-refractivity contribution is -0.107. The fraction of sp³-hybridized carbons (Fsp3) is 0.667. The van der Waals surface area contributed by atoms with Gasteiger partial charge in [-0.05, 0) is 42.3 Å². The Hall–Kier alpha value is -3.54. The van der Waals surface area contributed by atoms with Gasteiger partial charge >= 0.3 is 7.82 Å². The van der Waals surface area contributed by atoms with Gasteiger partial charge in [-0.1, -0.05) is 110 Å². The molecule has 2 unspecified atom stereocenters. The van der Waals surface area contributed by atoms with Gasteiger partial charge in [0.25, 0.3) is 0 Å². The Morgan fingerprint density at radius 1 is 0.966 bits per heavy atom. The molecule has 0 radical (unpaired) electrons. The highest BCUT2D eigenvalue weighted by Gasteiger charge is 2.83. The SMILES string of the molecule is CCCCCCCCCCCCCCCCCCCOC[C@H](COP(=O)(O)OC1[C@H]2O[C@@](C#N)(c3ccc4c(N)ncnn34)[C@H](O)[C@@]12O)OCc1cc(F)cc(C#N)c1. The van der Waals surface area contributed by atoms with Gasteiger partial charge in [-0.15, -0.1) is 0 Å². The lowest BCUT2D eigenvalue weighted by Gasteiger charge is -2.29. The van der Waals surface area contributed by atoms with Crippen molar-refractivity contribution in [1.82, 2.24) is 14.6 Å². The molecule has 3 heterocycles. The van der Waals surface area contributed by atoms with Crippen LogP contribution in [0.2, 0.25) is 0 Å². The van der Waals surface area contributed by atoms with Crippen LogP contribution in [0.3, 0.4) is 0 Å². The number of phosphoric acid groups is 1. The van der Waals surface area contributed by atoms with Crippen molar-refractivity contribution in [3.05, 3.63) is 59.3 Å². The molecule has 7 atom stereocenters. The second-order valence-electron chi connectivity index (χ2n) is 15.8. The van der Waals surface area contributed by atoms with E-state index >= 15 is 0 Å². The molecule has 1 saturated carbocycles. The van der Waals surface area contributed by atoms with Crippen molar-refractivity contribution >= 4 is 19.2 Å². The highest BCUT2D eigenvalue weighted by atomic mass is 31.2. The molecule has 1 aliphatic carbocycles. The van der Waals surface area contributed by atoms with Crippen molar-refractivity contribution < 1.29 is 47.3 Å². The number of anilines is 1. The minimum absolute atomic E-state index is 0.0267. The molecule has 324 valence electrons. The number of rotatable bonds is 29. The van der Waals surface area contributed by atoms with Gasteiger partial charge in [-0.25, -0.2) is 18.5 Å². The molecule has 5 rings (SSSR count). The number of benzene rings is 1. The molecule has 3 aromatic rings. The Labute approximate surface area is 346 Å². The van der Waals surface area contributed by atoms with Crippen molar-refractivity contribution in [3.63, 3.8) is 0 Å². The van der Waals surface area contributed by atoms with Gasteiger partial charge in [0.05, 0.1) is 37.1 Å². The Morgan fingerprint density at radius 3 is 2.17 bits per heavy atom. The molecule has 59 heavy (non-hydrogen) atoms. The third-order valence-corrected chi connectivity index (χ3v) is 12.1. The van der Waals surface area contributed by atoms with E-state index in [-0.39, 0.29) is 30.3 Å². The van der Waals surface area contributed by atoms with Gasteiger partial charge < -0.3 is 35.1 Å². The first-order valence-corrected chi connectivity index (χ1v) is 22.6. The summed E-state index contributed by atoms with van der Waals surface area (Å²) in [4.78, 5) is 14.6. The second kappa shape index (κ2) is 22.3. The number of nitrogen functional groups attached to an aromatic ring is 1. The zero-order valence-electron chi connectivity index (χ0n) is 34.1. The Kier molecular flexibility index (Phi) is 17.6. The standard InChI is InChI=1S/C42H60FN6O9P/c1-2-3-4-5-6-7-8-9-10-11-12-13-14-15-16-17-18-21-54-27-34(55-26-32-22-31(25-44)23-33(43)24-32)28-56-59(52,53)58-38-37-42(38,51)40(50)41(29-45,57-37)36-20-19-35-39(46)47-30-48-49(35)36/h19-20,22-24,30,34,37-38,40,50-51H,2-18,21,26-28H2,1H3,(H,52,53)(H2,46,47,48)/t34-,37-,38?,40+,41+,42+/m1/s1. The Morgan fingerprint density at radius 2 is 1.59 bits per heavy atom. The number of aliphatic hydroxyl groups is 2. The molecule has 2 fully saturated rings. The smallest absolute Gasteiger partial charge is 0.385 e. The first-order chi connectivity index (χ1) is 28.5. The highest BCUT2D eigenvalue weighted by Crippen LogP contribution is 2.63. The van der Waals surface area contributed by atoms with E-state index in [0.29, 0.717) is 17.7 Å². The van der Waals surface area contributed by atoms with Crippen molar-refractivity contribution in [2.75, 3.05) is 25.6 Å². The van der Waals surface area contributed by atoms with Gasteiger partial charge in [0.15, 0.2) is 11.4 Å². The maximum Gasteiger partial charge on any atom is 0.472 e. The third kappa shape index (κ3) is 12.3. The average Bonchev–Trinajstić information content (AvgIpc) is 3.45. The minimum Gasteiger partial charge on any atom is -0.385 e. The third-order valence-electron chi connectivity index (χ3n) is 11.2. The summed E-state index contributed by atoms with van der Waals surface area (Å²) in [5.41, 5.74) is 2.44. The van der Waals surface area contributed by atoms with E-state index in [9.17, 15) is 34.6 Å². The summed E-state index contributed by atoms with van der Waals surface area (Å²) in [5, 5.41) is 46.0. The van der Waals surface area contributed by atoms with E-state index in [0.717, 1.165) is 31.7 Å². The van der Waals surface area contributed by atoms with Crippen LogP contribution in [0.25, 0.3) is 5.52 Å². The fourth-order valence-corrected chi connectivity index (χ4v) is 8.74. The molecule has 0 spiro atoms. The van der Waals surface area contributed by atoms with E-state index in [2.05, 4.69) is 17.0 Å². The summed E-state index contributed by atoms with van der Waals surface area (Å²) in [5.74, 6) is -0.500. The summed E-state index contributed by atoms with van der Waals surface area (Å²) in [6.07, 6.45) is 16.8. The van der Waals surface area contributed by atoms with Crippen LogP contribution < -0.4 is 5.73 Å². The number of unbranched alkanes of at least 4 members (excludes halogenated alkanes) is 16. The first kappa shape index (κ1) is 46.5. The molecule has 0 amide bonds. The number of nitrogens with two attached hydrogens (primary N) is 1. The van der Waals surface area contributed by atoms with E-state index in [1.54, 1.807) is 0 Å². The summed E-state index contributed by atoms with van der Waals surface area (Å²) in [7, 11) is -4.93. The van der Waals surface area contributed by atoms with E-state index < -0.39 is 55.9 Å². The summed E-state index contributed by atoms with van der Waals surface area (Å²) in [6.45, 7) is 2.01. The fourth-order valence-electron chi connectivity index (χ4n) is 7.76. The predicted octanol–water partition coefficient (Wildman–Crippen LogP) is 7.30. The van der Waals surface area contributed by atoms with Crippen molar-refractivity contribution in [2.24, 2.45) is 0 Å². The van der Waals surface area contributed by atoms with Crippen LogP contribution in [0, 0.1) is 28.5 Å². The zero-order valence-corrected chi connectivity index (χ0v) is 34.9. The van der Waals surface area contributed by atoms with Crippen LogP contribution in [-0.2, 0) is 40.0 Å². The molecule has 5 N–H and O–H groups in total. The minimum atomic E-state index is -4.93. The van der Waals surface area contributed by atoms with Crippen LogP contribution >= 0.6 is 7.82 Å². The van der Waals surface area contributed by atoms with Crippen LogP contribution in [0.1, 0.15) is 133 Å². The molecule has 1 saturated heterocycles. The topological polar surface area (TPSA) is 228 Å². The van der Waals surface area contributed by atoms with E-state index in [1.807, 2.05) is 12.1 Å². The largest absolute Gasteiger partial charge is 0.472 e. The van der Waals surface area contributed by atoms with Crippen LogP contribution in [0.5, 0.6) is 0 Å². The first-order valence-electron chi connectivity index (χ1n) is 21.1. The van der Waals surface area contributed by atoms with E-state index in [1.165, 1.54) is 119 Å². The zero-order chi connectivity index (χ0) is 42.3. The maximum atomic E-state index is 14.1. The number of ether oxygens (including phenoxy) is 3. The number of fused-ring (bicyclic) bond motifs is 2. The number of hydrogen-bond donors (Lipinski definition) is 4. The maximum absolute atomic E-state index is 14.1. The van der Waals surface area contributed by atoms with E-state index in [4.69, 9.17) is 29.0 Å². The average molecular weight is 843 g/mol. The predicted molar refractivity (Wildman–Crippen MR) is 216 cm³/mol. The molecular formula is C42H60FN6O9P. The molecular weight excluding hydrogens is 782 g/mol. The molecule has 0 bridgehead atoms. The van der Waals surface area contributed by atoms with Crippen LogP contribution in [0.4, 0.5) is 10.2 Å². The number of phosphoric ester groups is 1. The second-order valence-corrected chi connectivity index (χ2v) is 17.2. The van der Waals surface area contributed by atoms with Gasteiger partial charge in [0.1, 0.15) is 48.1 Å². The van der Waals surface area contributed by atoms with Crippen molar-refractivity contribution in [1.29, 1.82) is 10.5 Å². The number of nitriles is 2. The van der Waals surface area contributed by atoms with Crippen molar-refractivity contribution in [2.45, 2.75) is 158 Å². The van der Waals surface area contributed by atoms with Crippen molar-refractivity contribution in [3.8, 4) is 12.1 Å². The molecule has 15 nitrogen and oxygen atoms in total. The molecule has 1 aliphatic heterocycles. The Bertz CT molecular complexity index is 1920.